The molecule has 10 nitrogen and oxygen atoms in total. The molecule has 1 aromatic carbocycles. The fourth-order valence-electron chi connectivity index (χ4n) is 5.14. The van der Waals surface area contributed by atoms with Gasteiger partial charge in [-0.2, -0.15) is 5.10 Å². The number of rotatable bonds is 9. The third-order valence-electron chi connectivity index (χ3n) is 7.24. The molecule has 2 aromatic heterocycles. The van der Waals surface area contributed by atoms with Crippen LogP contribution in [-0.2, 0) is 19.1 Å². The van der Waals surface area contributed by atoms with Gasteiger partial charge in [-0.15, -0.1) is 22.0 Å². The molecule has 14 heteroatoms. The Bertz CT molecular complexity index is 1380. The first-order valence-corrected chi connectivity index (χ1v) is 15.6. The molecule has 1 atom stereocenters. The van der Waals surface area contributed by atoms with E-state index in [1.807, 2.05) is 29.5 Å². The van der Waals surface area contributed by atoms with E-state index in [0.717, 1.165) is 52.1 Å². The summed E-state index contributed by atoms with van der Waals surface area (Å²) in [5, 5.41) is 13.4. The topological polar surface area (TPSA) is 103 Å². The molecule has 0 saturated carbocycles. The van der Waals surface area contributed by atoms with Gasteiger partial charge in [-0.3, -0.25) is 9.59 Å². The highest BCUT2D eigenvalue weighted by molar-refractivity contribution is 7.99. The van der Waals surface area contributed by atoms with E-state index in [0.29, 0.717) is 49.2 Å². The zero-order chi connectivity index (χ0) is 29.1. The lowest BCUT2D eigenvalue weighted by Gasteiger charge is -2.37. The molecular formula is C27H34F2N6O4S2. The Labute approximate surface area is 245 Å². The van der Waals surface area contributed by atoms with Gasteiger partial charge in [-0.1, -0.05) is 25.2 Å². The number of fused-ring (bicyclic) bond motifs is 1. The Hall–Kier alpha value is -2.84. The number of anilines is 1. The van der Waals surface area contributed by atoms with E-state index >= 15 is 0 Å². The second-order valence-electron chi connectivity index (χ2n) is 10.3. The first-order chi connectivity index (χ1) is 19.8. The van der Waals surface area contributed by atoms with Gasteiger partial charge in [-0.05, 0) is 31.4 Å². The second kappa shape index (κ2) is 13.0. The Morgan fingerprint density at radius 1 is 1.17 bits per heavy atom. The number of hydrogen-bond donors (Lipinski definition) is 0. The Kier molecular flexibility index (Phi) is 9.39. The number of alkyl halides is 2. The maximum atomic E-state index is 13.4. The molecule has 0 spiro atoms. The number of halogens is 2. The van der Waals surface area contributed by atoms with E-state index in [9.17, 15) is 18.4 Å². The normalized spacial score (nSPS) is 18.1. The minimum Gasteiger partial charge on any atom is -0.469 e. The maximum absolute atomic E-state index is 13.4. The van der Waals surface area contributed by atoms with Crippen molar-refractivity contribution < 1.29 is 27.8 Å². The number of carbonyl (C=O) groups is 2. The average molecular weight is 609 g/mol. The third kappa shape index (κ3) is 6.49. The zero-order valence-electron chi connectivity index (χ0n) is 23.3. The fourth-order valence-corrected chi connectivity index (χ4v) is 6.74. The number of esters is 1. The van der Waals surface area contributed by atoms with Crippen molar-refractivity contribution in [2.45, 2.75) is 57.1 Å². The summed E-state index contributed by atoms with van der Waals surface area (Å²) in [5.74, 6) is 0.287. The van der Waals surface area contributed by atoms with Gasteiger partial charge in [0.05, 0.1) is 24.7 Å². The highest BCUT2D eigenvalue weighted by Gasteiger charge is 2.30. The molecule has 0 radical (unpaired) electrons. The average Bonchev–Trinajstić information content (AvgIpc) is 3.62. The first-order valence-electron chi connectivity index (χ1n) is 13.8. The van der Waals surface area contributed by atoms with Crippen LogP contribution in [0.3, 0.4) is 0 Å². The van der Waals surface area contributed by atoms with E-state index < -0.39 is 6.43 Å². The number of carbonyl (C=O) groups excluding carboxylic acids is 2. The van der Waals surface area contributed by atoms with E-state index in [1.165, 1.54) is 18.9 Å². The minimum absolute atomic E-state index is 0.0692. The molecule has 0 aliphatic carbocycles. The molecule has 2 aliphatic heterocycles. The Morgan fingerprint density at radius 2 is 1.95 bits per heavy atom. The van der Waals surface area contributed by atoms with Gasteiger partial charge < -0.3 is 19.3 Å². The van der Waals surface area contributed by atoms with Gasteiger partial charge in [0.2, 0.25) is 5.91 Å². The van der Waals surface area contributed by atoms with Crippen LogP contribution in [0.5, 0.6) is 0 Å². The van der Waals surface area contributed by atoms with Crippen LogP contribution in [0.4, 0.5) is 14.5 Å². The van der Waals surface area contributed by atoms with Gasteiger partial charge in [0, 0.05) is 54.7 Å². The number of amides is 1. The van der Waals surface area contributed by atoms with Crippen LogP contribution in [0.15, 0.2) is 17.0 Å². The molecule has 2 fully saturated rings. The van der Waals surface area contributed by atoms with Crippen molar-refractivity contribution in [1.29, 1.82) is 0 Å². The SMILES string of the molecule is COC(=O)CCSc1cc(N2CCN(C(=O)C(C)C)CC2)c2c(c1)c(-c1nnc(C(F)F)s1)nn2C1CCCCO1. The predicted octanol–water partition coefficient (Wildman–Crippen LogP) is 5.15. The van der Waals surface area contributed by atoms with Crippen LogP contribution in [0.1, 0.15) is 57.2 Å². The van der Waals surface area contributed by atoms with E-state index in [-0.39, 0.29) is 35.5 Å². The van der Waals surface area contributed by atoms with Crippen LogP contribution in [0.2, 0.25) is 0 Å². The van der Waals surface area contributed by atoms with Gasteiger partial charge in [0.1, 0.15) is 5.69 Å². The van der Waals surface area contributed by atoms with Gasteiger partial charge in [0.15, 0.2) is 16.2 Å². The summed E-state index contributed by atoms with van der Waals surface area (Å²) in [6.07, 6.45) is -0.0380. The molecular weight excluding hydrogens is 574 g/mol. The van der Waals surface area contributed by atoms with Crippen LogP contribution < -0.4 is 4.90 Å². The third-order valence-corrected chi connectivity index (χ3v) is 9.16. The summed E-state index contributed by atoms with van der Waals surface area (Å²) >= 11 is 2.34. The summed E-state index contributed by atoms with van der Waals surface area (Å²) in [6, 6.07) is 4.06. The van der Waals surface area contributed by atoms with Crippen molar-refractivity contribution in [3.63, 3.8) is 0 Å². The van der Waals surface area contributed by atoms with Crippen LogP contribution in [-0.4, -0.2) is 82.4 Å². The minimum atomic E-state index is -2.72. The fraction of sp³-hybridized carbons (Fsp3) is 0.593. The number of aromatic nitrogens is 4. The van der Waals surface area contributed by atoms with Crippen LogP contribution in [0, 0.1) is 5.92 Å². The Morgan fingerprint density at radius 3 is 2.59 bits per heavy atom. The molecule has 1 amide bonds. The van der Waals surface area contributed by atoms with Gasteiger partial charge >= 0.3 is 5.97 Å². The number of benzene rings is 1. The highest BCUT2D eigenvalue weighted by Crippen LogP contribution is 2.42. The zero-order valence-corrected chi connectivity index (χ0v) is 25.0. The first kappa shape index (κ1) is 29.6. The quantitative estimate of drug-likeness (QED) is 0.241. The lowest BCUT2D eigenvalue weighted by Crippen LogP contribution is -2.50. The maximum Gasteiger partial charge on any atom is 0.306 e. The lowest BCUT2D eigenvalue weighted by molar-refractivity contribution is -0.140. The van der Waals surface area contributed by atoms with Crippen molar-refractivity contribution in [1.82, 2.24) is 24.9 Å². The number of nitrogens with zero attached hydrogens (tertiary/aromatic N) is 6. The molecule has 41 heavy (non-hydrogen) atoms. The van der Waals surface area contributed by atoms with Gasteiger partial charge in [0.25, 0.3) is 6.43 Å². The van der Waals surface area contributed by atoms with E-state index in [4.69, 9.17) is 14.6 Å². The van der Waals surface area contributed by atoms with E-state index in [1.54, 1.807) is 0 Å². The van der Waals surface area contributed by atoms with Crippen molar-refractivity contribution in [3.8, 4) is 10.7 Å². The molecule has 2 saturated heterocycles. The Balaban J connectivity index is 1.60. The lowest BCUT2D eigenvalue weighted by atomic mass is 10.1. The van der Waals surface area contributed by atoms with Crippen LogP contribution >= 0.6 is 23.1 Å². The van der Waals surface area contributed by atoms with Gasteiger partial charge in [-0.25, -0.2) is 13.5 Å². The smallest absolute Gasteiger partial charge is 0.306 e. The molecule has 2 aliphatic rings. The molecule has 3 aromatic rings. The number of thioether (sulfide) groups is 1. The largest absolute Gasteiger partial charge is 0.469 e. The summed E-state index contributed by atoms with van der Waals surface area (Å²) in [6.45, 7) is 6.87. The summed E-state index contributed by atoms with van der Waals surface area (Å²) in [5.41, 5.74) is 2.23. The molecule has 222 valence electrons. The van der Waals surface area contributed by atoms with Crippen LogP contribution in [0.25, 0.3) is 21.6 Å². The molecule has 4 heterocycles. The number of hydrogen-bond acceptors (Lipinski definition) is 10. The van der Waals surface area contributed by atoms with Crippen molar-refractivity contribution >= 4 is 51.6 Å². The number of piperazine rings is 1. The molecule has 0 N–H and O–H groups in total. The predicted molar refractivity (Wildman–Crippen MR) is 153 cm³/mol. The number of ether oxygens (including phenoxy) is 2. The van der Waals surface area contributed by atoms with Crippen molar-refractivity contribution in [3.05, 3.63) is 17.1 Å². The molecule has 1 unspecified atom stereocenters. The standard InChI is InChI=1S/C27H34F2N6O4S2/c1-16(2)27(37)34-10-8-33(9-11-34)19-15-17(40-13-7-21(36)38-3)14-18-22(25-30-31-26(41-25)24(28)29)32-35(23(18)19)20-6-4-5-12-39-20/h14-16,20,24H,4-13H2,1-3H3. The van der Waals surface area contributed by atoms with E-state index in [2.05, 4.69) is 21.2 Å². The van der Waals surface area contributed by atoms with Crippen molar-refractivity contribution in [2.75, 3.05) is 50.5 Å². The van der Waals surface area contributed by atoms with Crippen molar-refractivity contribution in [2.24, 2.45) is 5.92 Å². The molecule has 0 bridgehead atoms. The molecule has 5 rings (SSSR count). The summed E-state index contributed by atoms with van der Waals surface area (Å²) < 4.78 is 39.7. The summed E-state index contributed by atoms with van der Waals surface area (Å²) in [4.78, 5) is 29.4. The number of methoxy groups -OCH3 is 1. The summed E-state index contributed by atoms with van der Waals surface area (Å²) in [7, 11) is 1.37. The highest BCUT2D eigenvalue weighted by atomic mass is 32.2. The monoisotopic (exact) mass is 608 g/mol. The second-order valence-corrected chi connectivity index (χ2v) is 12.5.